The van der Waals surface area contributed by atoms with Crippen molar-refractivity contribution in [1.29, 1.82) is 0 Å². The van der Waals surface area contributed by atoms with Crippen LogP contribution in [0, 0.1) is 0 Å². The molecule has 2 rings (SSSR count). The van der Waals surface area contributed by atoms with Crippen LogP contribution in [0.25, 0.3) is 0 Å². The number of hydrogen-bond donors (Lipinski definition) is 2. The summed E-state index contributed by atoms with van der Waals surface area (Å²) in [5.41, 5.74) is 1.81. The van der Waals surface area contributed by atoms with E-state index < -0.39 is 6.10 Å². The lowest BCUT2D eigenvalue weighted by molar-refractivity contribution is 0.120. The van der Waals surface area contributed by atoms with Gasteiger partial charge in [0.15, 0.2) is 0 Å². The van der Waals surface area contributed by atoms with E-state index >= 15 is 0 Å². The lowest BCUT2D eigenvalue weighted by atomic mass is 9.94. The number of hydrogen-bond acceptors (Lipinski definition) is 2. The first-order valence-electron chi connectivity index (χ1n) is 8.00. The molecule has 0 aliphatic carbocycles. The lowest BCUT2D eigenvalue weighted by Crippen LogP contribution is -2.35. The third-order valence-electron chi connectivity index (χ3n) is 4.14. The fourth-order valence-electron chi connectivity index (χ4n) is 2.70. The second kappa shape index (κ2) is 8.70. The van der Waals surface area contributed by atoms with Crippen molar-refractivity contribution in [2.75, 3.05) is 0 Å². The number of aliphatic hydroxyl groups excluding tert-OH is 1. The fraction of sp³-hybridized carbons (Fsp3) is 0.368. The summed E-state index contributed by atoms with van der Waals surface area (Å²) in [6.07, 6.45) is 1.32. The fourth-order valence-corrected chi connectivity index (χ4v) is 3.03. The smallest absolute Gasteiger partial charge is 0.0985 e. The second-order valence-electron chi connectivity index (χ2n) is 5.71. The maximum Gasteiger partial charge on any atom is 0.0985 e. The topological polar surface area (TPSA) is 32.3 Å². The van der Waals surface area contributed by atoms with E-state index in [2.05, 4.69) is 19.2 Å². The Kier molecular flexibility index (Phi) is 6.91. The molecule has 0 aliphatic rings. The minimum absolute atomic E-state index is 0.212. The van der Waals surface area contributed by atoms with Crippen LogP contribution >= 0.6 is 23.2 Å². The summed E-state index contributed by atoms with van der Waals surface area (Å²) in [5.74, 6) is 0. The van der Waals surface area contributed by atoms with Crippen LogP contribution in [-0.2, 0) is 0 Å². The van der Waals surface area contributed by atoms with Crippen LogP contribution < -0.4 is 5.32 Å². The van der Waals surface area contributed by atoms with Gasteiger partial charge in [0.05, 0.1) is 12.1 Å². The number of aliphatic hydroxyl groups is 1. The van der Waals surface area contributed by atoms with Gasteiger partial charge < -0.3 is 10.4 Å². The van der Waals surface area contributed by atoms with E-state index in [4.69, 9.17) is 23.2 Å². The molecule has 0 amide bonds. The van der Waals surface area contributed by atoms with Crippen LogP contribution in [0.15, 0.2) is 48.5 Å². The van der Waals surface area contributed by atoms with Crippen molar-refractivity contribution in [2.24, 2.45) is 0 Å². The van der Waals surface area contributed by atoms with E-state index in [0.717, 1.165) is 24.0 Å². The van der Waals surface area contributed by atoms with E-state index in [9.17, 15) is 5.11 Å². The number of halogens is 2. The van der Waals surface area contributed by atoms with Gasteiger partial charge in [-0.3, -0.25) is 0 Å². The molecular weight excluding hydrogens is 329 g/mol. The van der Waals surface area contributed by atoms with Gasteiger partial charge in [-0.05, 0) is 48.2 Å². The Morgan fingerprint density at radius 2 is 1.57 bits per heavy atom. The molecule has 2 atom stereocenters. The Labute approximate surface area is 148 Å². The number of rotatable bonds is 7. The number of nitrogens with one attached hydrogen (secondary N) is 1. The first kappa shape index (κ1) is 18.3. The zero-order valence-corrected chi connectivity index (χ0v) is 15.0. The Morgan fingerprint density at radius 1 is 0.913 bits per heavy atom. The Balaban J connectivity index is 2.33. The molecule has 0 saturated carbocycles. The third-order valence-corrected chi connectivity index (χ3v) is 4.62. The van der Waals surface area contributed by atoms with Crippen LogP contribution in [-0.4, -0.2) is 11.1 Å². The molecule has 0 aliphatic heterocycles. The molecule has 0 fully saturated rings. The lowest BCUT2D eigenvalue weighted by Gasteiger charge is -2.29. The molecule has 0 radical (unpaired) electrons. The molecular formula is C19H23Cl2NO. The third kappa shape index (κ3) is 4.95. The average Bonchev–Trinajstić information content (AvgIpc) is 2.56. The zero-order valence-electron chi connectivity index (χ0n) is 13.5. The van der Waals surface area contributed by atoms with E-state index in [1.807, 2.05) is 48.5 Å². The first-order valence-corrected chi connectivity index (χ1v) is 8.75. The molecule has 0 bridgehead atoms. The largest absolute Gasteiger partial charge is 0.386 e. The van der Waals surface area contributed by atoms with Gasteiger partial charge >= 0.3 is 0 Å². The second-order valence-corrected chi connectivity index (χ2v) is 6.58. The summed E-state index contributed by atoms with van der Waals surface area (Å²) in [5, 5.41) is 15.8. The molecule has 2 aromatic carbocycles. The van der Waals surface area contributed by atoms with Gasteiger partial charge in [0, 0.05) is 16.1 Å². The minimum Gasteiger partial charge on any atom is -0.386 e. The Bertz CT molecular complexity index is 611. The molecule has 2 unspecified atom stereocenters. The molecule has 0 aromatic heterocycles. The van der Waals surface area contributed by atoms with Crippen molar-refractivity contribution in [3.05, 3.63) is 69.7 Å². The molecule has 0 spiro atoms. The summed E-state index contributed by atoms with van der Waals surface area (Å²) in [7, 11) is 0. The highest BCUT2D eigenvalue weighted by atomic mass is 35.5. The van der Waals surface area contributed by atoms with E-state index in [1.165, 1.54) is 0 Å². The Hall–Kier alpha value is -1.06. The molecule has 2 N–H and O–H groups in total. The molecule has 124 valence electrons. The molecule has 4 heteroatoms. The number of benzene rings is 2. The van der Waals surface area contributed by atoms with Crippen molar-refractivity contribution in [3.8, 4) is 0 Å². The summed E-state index contributed by atoms with van der Waals surface area (Å²) < 4.78 is 0. The van der Waals surface area contributed by atoms with Crippen LogP contribution in [0.2, 0.25) is 10.0 Å². The van der Waals surface area contributed by atoms with E-state index in [1.54, 1.807) is 0 Å². The molecule has 2 aromatic rings. The predicted octanol–water partition coefficient (Wildman–Crippen LogP) is 5.55. The summed E-state index contributed by atoms with van der Waals surface area (Å²) >= 11 is 12.1. The van der Waals surface area contributed by atoms with Gasteiger partial charge in [0.25, 0.3) is 0 Å². The average molecular weight is 352 g/mol. The van der Waals surface area contributed by atoms with Crippen molar-refractivity contribution in [3.63, 3.8) is 0 Å². The van der Waals surface area contributed by atoms with Gasteiger partial charge in [-0.15, -0.1) is 0 Å². The van der Waals surface area contributed by atoms with Gasteiger partial charge in [-0.2, -0.15) is 0 Å². The molecule has 0 heterocycles. The van der Waals surface area contributed by atoms with Crippen LogP contribution in [0.4, 0.5) is 0 Å². The van der Waals surface area contributed by atoms with Gasteiger partial charge in [-0.25, -0.2) is 0 Å². The molecule has 23 heavy (non-hydrogen) atoms. The van der Waals surface area contributed by atoms with E-state index in [0.29, 0.717) is 16.1 Å². The van der Waals surface area contributed by atoms with Crippen molar-refractivity contribution >= 4 is 23.2 Å². The summed E-state index contributed by atoms with van der Waals surface area (Å²) in [4.78, 5) is 0. The maximum absolute atomic E-state index is 10.9. The zero-order chi connectivity index (χ0) is 16.8. The van der Waals surface area contributed by atoms with Gasteiger partial charge in [0.1, 0.15) is 0 Å². The van der Waals surface area contributed by atoms with E-state index in [-0.39, 0.29) is 6.04 Å². The molecule has 0 saturated heterocycles. The maximum atomic E-state index is 10.9. The standard InChI is InChI=1S/C19H23Cl2NO/c1-3-17(4-2)22-18(13-8-10-15(20)11-9-13)19(23)14-6-5-7-16(21)12-14/h5-12,17-19,22-23H,3-4H2,1-2H3. The van der Waals surface area contributed by atoms with Crippen molar-refractivity contribution in [1.82, 2.24) is 5.32 Å². The van der Waals surface area contributed by atoms with Gasteiger partial charge in [-0.1, -0.05) is 61.3 Å². The Morgan fingerprint density at radius 3 is 2.13 bits per heavy atom. The van der Waals surface area contributed by atoms with Crippen molar-refractivity contribution < 1.29 is 5.11 Å². The van der Waals surface area contributed by atoms with Crippen molar-refractivity contribution in [2.45, 2.75) is 44.9 Å². The SMILES string of the molecule is CCC(CC)NC(c1ccc(Cl)cc1)C(O)c1cccc(Cl)c1. The highest BCUT2D eigenvalue weighted by Crippen LogP contribution is 2.31. The predicted molar refractivity (Wildman–Crippen MR) is 98.1 cm³/mol. The van der Waals surface area contributed by atoms with Crippen LogP contribution in [0.1, 0.15) is 50.0 Å². The minimum atomic E-state index is -0.685. The summed E-state index contributed by atoms with van der Waals surface area (Å²) in [6, 6.07) is 15.1. The highest BCUT2D eigenvalue weighted by molar-refractivity contribution is 6.30. The van der Waals surface area contributed by atoms with Gasteiger partial charge in [0.2, 0.25) is 0 Å². The first-order chi connectivity index (χ1) is 11.0. The normalized spacial score (nSPS) is 14.0. The monoisotopic (exact) mass is 351 g/mol. The molecule has 2 nitrogen and oxygen atoms in total. The van der Waals surface area contributed by atoms with Crippen LogP contribution in [0.3, 0.4) is 0 Å². The quantitative estimate of drug-likeness (QED) is 0.685. The van der Waals surface area contributed by atoms with Crippen LogP contribution in [0.5, 0.6) is 0 Å². The highest BCUT2D eigenvalue weighted by Gasteiger charge is 2.24. The summed E-state index contributed by atoms with van der Waals surface area (Å²) in [6.45, 7) is 4.29.